The van der Waals surface area contributed by atoms with E-state index in [0.717, 1.165) is 34.4 Å². The predicted molar refractivity (Wildman–Crippen MR) is 124 cm³/mol. The van der Waals surface area contributed by atoms with Gasteiger partial charge < -0.3 is 5.32 Å². The lowest BCUT2D eigenvalue weighted by atomic mass is 10.0. The average Bonchev–Trinajstić information content (AvgIpc) is 2.76. The van der Waals surface area contributed by atoms with Crippen LogP contribution in [0.2, 0.25) is 0 Å². The Balaban J connectivity index is 1.63. The highest BCUT2D eigenvalue weighted by molar-refractivity contribution is 7.92. The number of hydrogen-bond donors (Lipinski definition) is 1. The smallest absolute Gasteiger partial charge is 0.264 e. The zero-order chi connectivity index (χ0) is 22.2. The van der Waals surface area contributed by atoms with Gasteiger partial charge in [-0.3, -0.25) is 9.10 Å². The van der Waals surface area contributed by atoms with E-state index < -0.39 is 10.0 Å². The molecule has 0 aliphatic carbocycles. The van der Waals surface area contributed by atoms with Crippen molar-refractivity contribution in [2.45, 2.75) is 38.5 Å². The van der Waals surface area contributed by atoms with E-state index in [1.54, 1.807) is 36.4 Å². The fourth-order valence-corrected chi connectivity index (χ4v) is 5.41. The maximum absolute atomic E-state index is 13.2. The first-order chi connectivity index (χ1) is 14.8. The molecule has 1 aliphatic heterocycles. The molecule has 0 aromatic heterocycles. The zero-order valence-corrected chi connectivity index (χ0v) is 18.8. The normalized spacial score (nSPS) is 13.6. The molecule has 160 valence electrons. The lowest BCUT2D eigenvalue weighted by Gasteiger charge is -2.30. The monoisotopic (exact) mass is 434 g/mol. The van der Waals surface area contributed by atoms with Gasteiger partial charge in [0.25, 0.3) is 15.9 Å². The molecule has 1 aliphatic rings. The number of nitrogens with zero attached hydrogens (tertiary/aromatic N) is 1. The SMILES string of the molecule is Cc1ccc(S(=O)(=O)N2CCCc3cc(C(=O)Nc4cccc(C)c4C)ccc32)cc1. The lowest BCUT2D eigenvalue weighted by Crippen LogP contribution is -2.35. The number of carbonyl (C=O) groups excluding carboxylic acids is 1. The third-order valence-electron chi connectivity index (χ3n) is 5.88. The Bertz CT molecular complexity index is 1250. The van der Waals surface area contributed by atoms with Gasteiger partial charge in [-0.1, -0.05) is 29.8 Å². The van der Waals surface area contributed by atoms with Crippen molar-refractivity contribution in [3.63, 3.8) is 0 Å². The fourth-order valence-electron chi connectivity index (χ4n) is 3.87. The molecule has 0 bridgehead atoms. The van der Waals surface area contributed by atoms with Gasteiger partial charge >= 0.3 is 0 Å². The highest BCUT2D eigenvalue weighted by Crippen LogP contribution is 2.33. The molecule has 4 rings (SSSR count). The molecule has 0 radical (unpaired) electrons. The van der Waals surface area contributed by atoms with E-state index in [1.807, 2.05) is 45.0 Å². The minimum absolute atomic E-state index is 0.199. The van der Waals surface area contributed by atoms with Gasteiger partial charge in [0.1, 0.15) is 0 Å². The van der Waals surface area contributed by atoms with Gasteiger partial charge in [-0.25, -0.2) is 8.42 Å². The molecule has 0 spiro atoms. The number of benzene rings is 3. The number of aryl methyl sites for hydroxylation is 3. The van der Waals surface area contributed by atoms with Gasteiger partial charge in [0.15, 0.2) is 0 Å². The molecular weight excluding hydrogens is 408 g/mol. The van der Waals surface area contributed by atoms with Gasteiger partial charge in [0.2, 0.25) is 0 Å². The third-order valence-corrected chi connectivity index (χ3v) is 7.71. The summed E-state index contributed by atoms with van der Waals surface area (Å²) in [4.78, 5) is 13.1. The molecule has 6 heteroatoms. The molecular formula is C25H26N2O3S. The number of carbonyl (C=O) groups is 1. The Morgan fingerprint density at radius 3 is 2.45 bits per heavy atom. The van der Waals surface area contributed by atoms with Crippen molar-refractivity contribution in [2.24, 2.45) is 0 Å². The summed E-state index contributed by atoms with van der Waals surface area (Å²) < 4.78 is 27.9. The van der Waals surface area contributed by atoms with Crippen LogP contribution in [0.15, 0.2) is 65.6 Å². The van der Waals surface area contributed by atoms with Crippen LogP contribution in [0, 0.1) is 20.8 Å². The van der Waals surface area contributed by atoms with Crippen LogP contribution in [-0.4, -0.2) is 20.9 Å². The van der Waals surface area contributed by atoms with Gasteiger partial charge in [-0.05, 0) is 86.7 Å². The summed E-state index contributed by atoms with van der Waals surface area (Å²) in [6.07, 6.45) is 1.44. The Morgan fingerprint density at radius 2 is 1.71 bits per heavy atom. The summed E-state index contributed by atoms with van der Waals surface area (Å²) in [7, 11) is -3.65. The molecule has 1 N–H and O–H groups in total. The average molecular weight is 435 g/mol. The van der Waals surface area contributed by atoms with E-state index in [1.165, 1.54) is 4.31 Å². The number of nitrogens with one attached hydrogen (secondary N) is 1. The van der Waals surface area contributed by atoms with Gasteiger partial charge in [0, 0.05) is 17.8 Å². The summed E-state index contributed by atoms with van der Waals surface area (Å²) in [5.74, 6) is -0.199. The molecule has 3 aromatic rings. The first-order valence-electron chi connectivity index (χ1n) is 10.4. The number of fused-ring (bicyclic) bond motifs is 1. The predicted octanol–water partition coefficient (Wildman–Crippen LogP) is 5.01. The number of amides is 1. The van der Waals surface area contributed by atoms with Crippen LogP contribution in [0.5, 0.6) is 0 Å². The molecule has 0 atom stereocenters. The topological polar surface area (TPSA) is 66.5 Å². The van der Waals surface area contributed by atoms with Crippen LogP contribution >= 0.6 is 0 Å². The van der Waals surface area contributed by atoms with Crippen molar-refractivity contribution in [3.8, 4) is 0 Å². The lowest BCUT2D eigenvalue weighted by molar-refractivity contribution is 0.102. The van der Waals surface area contributed by atoms with Crippen LogP contribution in [0.4, 0.5) is 11.4 Å². The first kappa shape index (κ1) is 21.1. The second-order valence-corrected chi connectivity index (χ2v) is 9.90. The van der Waals surface area contributed by atoms with E-state index in [4.69, 9.17) is 0 Å². The second kappa shape index (κ2) is 8.19. The Kier molecular flexibility index (Phi) is 5.58. The molecule has 0 saturated carbocycles. The van der Waals surface area contributed by atoms with E-state index in [0.29, 0.717) is 24.2 Å². The van der Waals surface area contributed by atoms with Crippen molar-refractivity contribution in [1.29, 1.82) is 0 Å². The van der Waals surface area contributed by atoms with E-state index in [9.17, 15) is 13.2 Å². The summed E-state index contributed by atoms with van der Waals surface area (Å²) in [6, 6.07) is 18.0. The number of sulfonamides is 1. The van der Waals surface area contributed by atoms with Crippen molar-refractivity contribution in [2.75, 3.05) is 16.2 Å². The largest absolute Gasteiger partial charge is 0.322 e. The van der Waals surface area contributed by atoms with Crippen LogP contribution < -0.4 is 9.62 Å². The highest BCUT2D eigenvalue weighted by Gasteiger charge is 2.29. The van der Waals surface area contributed by atoms with Gasteiger partial charge in [-0.2, -0.15) is 0 Å². The second-order valence-electron chi connectivity index (χ2n) is 8.04. The summed E-state index contributed by atoms with van der Waals surface area (Å²) in [5, 5.41) is 2.98. The molecule has 31 heavy (non-hydrogen) atoms. The number of rotatable bonds is 4. The van der Waals surface area contributed by atoms with Gasteiger partial charge in [-0.15, -0.1) is 0 Å². The Labute approximate surface area is 183 Å². The molecule has 1 heterocycles. The summed E-state index contributed by atoms with van der Waals surface area (Å²) >= 11 is 0. The fraction of sp³-hybridized carbons (Fsp3) is 0.240. The molecule has 0 unspecified atom stereocenters. The van der Waals surface area contributed by atoms with Crippen LogP contribution in [0.3, 0.4) is 0 Å². The Morgan fingerprint density at radius 1 is 0.968 bits per heavy atom. The van der Waals surface area contributed by atoms with Crippen molar-refractivity contribution in [3.05, 3.63) is 88.5 Å². The molecule has 3 aromatic carbocycles. The van der Waals surface area contributed by atoms with E-state index >= 15 is 0 Å². The third kappa shape index (κ3) is 4.08. The highest BCUT2D eigenvalue weighted by atomic mass is 32.2. The molecule has 5 nitrogen and oxygen atoms in total. The summed E-state index contributed by atoms with van der Waals surface area (Å²) in [5.41, 5.74) is 5.98. The summed E-state index contributed by atoms with van der Waals surface area (Å²) in [6.45, 7) is 6.34. The van der Waals surface area contributed by atoms with Crippen molar-refractivity contribution in [1.82, 2.24) is 0 Å². The number of hydrogen-bond acceptors (Lipinski definition) is 3. The van der Waals surface area contributed by atoms with E-state index in [-0.39, 0.29) is 10.8 Å². The maximum atomic E-state index is 13.2. The van der Waals surface area contributed by atoms with Crippen LogP contribution in [-0.2, 0) is 16.4 Å². The van der Waals surface area contributed by atoms with E-state index in [2.05, 4.69) is 5.32 Å². The molecule has 0 saturated heterocycles. The van der Waals surface area contributed by atoms with Crippen LogP contribution in [0.25, 0.3) is 0 Å². The molecule has 1 amide bonds. The minimum Gasteiger partial charge on any atom is -0.322 e. The first-order valence-corrected chi connectivity index (χ1v) is 11.8. The van der Waals surface area contributed by atoms with Crippen molar-refractivity contribution >= 4 is 27.3 Å². The molecule has 0 fully saturated rings. The Hall–Kier alpha value is -3.12. The maximum Gasteiger partial charge on any atom is 0.264 e. The standard InChI is InChI=1S/C25H26N2O3S/c1-17-9-12-22(13-10-17)31(29,30)27-15-5-7-20-16-21(11-14-24(20)27)25(28)26-23-8-4-6-18(2)19(23)3/h4,6,8-14,16H,5,7,15H2,1-3H3,(H,26,28). The van der Waals surface area contributed by atoms with Crippen molar-refractivity contribution < 1.29 is 13.2 Å². The van der Waals surface area contributed by atoms with Gasteiger partial charge in [0.05, 0.1) is 10.6 Å². The number of anilines is 2. The minimum atomic E-state index is -3.65. The quantitative estimate of drug-likeness (QED) is 0.628. The zero-order valence-electron chi connectivity index (χ0n) is 18.0. The van der Waals surface area contributed by atoms with Crippen LogP contribution in [0.1, 0.15) is 39.0 Å².